The lowest BCUT2D eigenvalue weighted by Crippen LogP contribution is -2.48. The highest BCUT2D eigenvalue weighted by Gasteiger charge is 2.49. The van der Waals surface area contributed by atoms with Crippen molar-refractivity contribution in [1.82, 2.24) is 20.4 Å². The van der Waals surface area contributed by atoms with Crippen LogP contribution in [0.2, 0.25) is 5.02 Å². The van der Waals surface area contributed by atoms with Crippen LogP contribution in [0.15, 0.2) is 48.5 Å². The van der Waals surface area contributed by atoms with E-state index in [9.17, 15) is 14.4 Å². The molecule has 0 aliphatic carbocycles. The van der Waals surface area contributed by atoms with Crippen molar-refractivity contribution in [3.05, 3.63) is 70.2 Å². The number of carbonyl (C=O) groups excluding carboxylic acids is 3. The second-order valence-electron chi connectivity index (χ2n) is 9.06. The molecule has 8 heteroatoms. The molecule has 0 aromatic heterocycles. The zero-order chi connectivity index (χ0) is 23.6. The minimum Gasteiger partial charge on any atom is -0.352 e. The summed E-state index contributed by atoms with van der Waals surface area (Å²) in [6, 6.07) is 14.8. The van der Waals surface area contributed by atoms with Gasteiger partial charge in [-0.3, -0.25) is 19.4 Å². The van der Waals surface area contributed by atoms with Gasteiger partial charge in [0.15, 0.2) is 0 Å². The van der Waals surface area contributed by atoms with Gasteiger partial charge in [-0.05, 0) is 49.9 Å². The molecule has 0 saturated carbocycles. The van der Waals surface area contributed by atoms with Gasteiger partial charge in [0.2, 0.25) is 5.91 Å². The number of urea groups is 1. The smallest absolute Gasteiger partial charge is 0.325 e. The fourth-order valence-corrected chi connectivity index (χ4v) is 4.55. The number of nitrogens with one attached hydrogen (secondary N) is 2. The van der Waals surface area contributed by atoms with Crippen molar-refractivity contribution in [1.29, 1.82) is 0 Å². The Morgan fingerprint density at radius 3 is 2.36 bits per heavy atom. The number of hydrogen-bond donors (Lipinski definition) is 2. The molecule has 7 nitrogen and oxygen atoms in total. The van der Waals surface area contributed by atoms with E-state index in [0.717, 1.165) is 48.0 Å². The van der Waals surface area contributed by atoms with Crippen LogP contribution in [0.1, 0.15) is 36.5 Å². The van der Waals surface area contributed by atoms with Crippen LogP contribution in [0.3, 0.4) is 0 Å². The molecule has 2 aromatic rings. The lowest BCUT2D eigenvalue weighted by Gasteiger charge is -2.32. The van der Waals surface area contributed by atoms with Crippen LogP contribution in [-0.4, -0.2) is 53.3 Å². The first-order valence-corrected chi connectivity index (χ1v) is 11.6. The fraction of sp³-hybridized carbons (Fsp3) is 0.400. The second kappa shape index (κ2) is 9.53. The lowest BCUT2D eigenvalue weighted by molar-refractivity contribution is -0.135. The third-order valence-electron chi connectivity index (χ3n) is 6.48. The van der Waals surface area contributed by atoms with Gasteiger partial charge in [-0.1, -0.05) is 53.6 Å². The van der Waals surface area contributed by atoms with E-state index >= 15 is 0 Å². The fourth-order valence-electron chi connectivity index (χ4n) is 4.42. The number of halogens is 1. The highest BCUT2D eigenvalue weighted by molar-refractivity contribution is 6.30. The third kappa shape index (κ3) is 5.20. The van der Waals surface area contributed by atoms with Crippen molar-refractivity contribution in [2.24, 2.45) is 0 Å². The van der Waals surface area contributed by atoms with E-state index in [1.165, 1.54) is 5.56 Å². The predicted octanol–water partition coefficient (Wildman–Crippen LogP) is 3.20. The first-order valence-electron chi connectivity index (χ1n) is 11.2. The highest BCUT2D eigenvalue weighted by atomic mass is 35.5. The van der Waals surface area contributed by atoms with Gasteiger partial charge < -0.3 is 10.6 Å². The van der Waals surface area contributed by atoms with Crippen LogP contribution in [0.25, 0.3) is 0 Å². The Labute approximate surface area is 199 Å². The van der Waals surface area contributed by atoms with E-state index in [1.807, 2.05) is 55.5 Å². The van der Waals surface area contributed by atoms with E-state index in [0.29, 0.717) is 5.56 Å². The molecule has 174 valence electrons. The van der Waals surface area contributed by atoms with Crippen molar-refractivity contribution in [2.45, 2.75) is 44.8 Å². The summed E-state index contributed by atoms with van der Waals surface area (Å²) in [7, 11) is 0. The molecule has 33 heavy (non-hydrogen) atoms. The Bertz CT molecular complexity index is 1030. The SMILES string of the molecule is Cc1ccc(C2(C)NC(=O)N(CC(=O)NC3CCN(Cc4ccc(Cl)cc4)CC3)C2=O)cc1. The number of carbonyl (C=O) groups is 3. The summed E-state index contributed by atoms with van der Waals surface area (Å²) in [6.07, 6.45) is 1.64. The molecule has 1 unspecified atom stereocenters. The summed E-state index contributed by atoms with van der Waals surface area (Å²) >= 11 is 5.95. The second-order valence-corrected chi connectivity index (χ2v) is 9.49. The topological polar surface area (TPSA) is 81.8 Å². The Morgan fingerprint density at radius 1 is 1.09 bits per heavy atom. The molecule has 2 N–H and O–H groups in total. The largest absolute Gasteiger partial charge is 0.352 e. The molecular weight excluding hydrogens is 440 g/mol. The zero-order valence-electron chi connectivity index (χ0n) is 18.9. The van der Waals surface area contributed by atoms with Crippen molar-refractivity contribution in [3.63, 3.8) is 0 Å². The summed E-state index contributed by atoms with van der Waals surface area (Å²) in [5.74, 6) is -0.730. The zero-order valence-corrected chi connectivity index (χ0v) is 19.7. The molecule has 0 spiro atoms. The molecule has 1 atom stereocenters. The number of hydrogen-bond acceptors (Lipinski definition) is 4. The maximum absolute atomic E-state index is 13.0. The standard InChI is InChI=1S/C25H29ClN4O3/c1-17-3-7-19(8-4-17)25(2)23(32)30(24(33)28-25)16-22(31)27-21-11-13-29(14-12-21)15-18-5-9-20(26)10-6-18/h3-10,21H,11-16H2,1-2H3,(H,27,31)(H,28,33). The minimum absolute atomic E-state index is 0.0308. The number of nitrogens with zero attached hydrogens (tertiary/aromatic N) is 2. The van der Waals surface area contributed by atoms with Crippen molar-refractivity contribution >= 4 is 29.4 Å². The first kappa shape index (κ1) is 23.3. The van der Waals surface area contributed by atoms with Crippen LogP contribution >= 0.6 is 11.6 Å². The van der Waals surface area contributed by atoms with Gasteiger partial charge in [0, 0.05) is 30.7 Å². The molecule has 2 heterocycles. The normalized spacial score (nSPS) is 21.8. The van der Waals surface area contributed by atoms with Crippen LogP contribution < -0.4 is 10.6 Å². The molecule has 2 saturated heterocycles. The number of imide groups is 1. The molecule has 2 aromatic carbocycles. The Hall–Kier alpha value is -2.90. The van der Waals surface area contributed by atoms with E-state index in [2.05, 4.69) is 15.5 Å². The lowest BCUT2D eigenvalue weighted by atomic mass is 9.91. The maximum Gasteiger partial charge on any atom is 0.325 e. The number of benzene rings is 2. The quantitative estimate of drug-likeness (QED) is 0.638. The van der Waals surface area contributed by atoms with Gasteiger partial charge in [-0.2, -0.15) is 0 Å². The van der Waals surface area contributed by atoms with Gasteiger partial charge in [-0.25, -0.2) is 4.79 Å². The van der Waals surface area contributed by atoms with Gasteiger partial charge in [-0.15, -0.1) is 0 Å². The summed E-state index contributed by atoms with van der Waals surface area (Å²) in [5.41, 5.74) is 1.80. The molecule has 4 rings (SSSR count). The van der Waals surface area contributed by atoms with Crippen molar-refractivity contribution in [3.8, 4) is 0 Å². The van der Waals surface area contributed by atoms with Crippen LogP contribution in [0.4, 0.5) is 4.79 Å². The maximum atomic E-state index is 13.0. The number of rotatable bonds is 6. The minimum atomic E-state index is -1.17. The molecule has 0 radical (unpaired) electrons. The summed E-state index contributed by atoms with van der Waals surface area (Å²) in [4.78, 5) is 41.5. The number of amides is 4. The van der Waals surface area contributed by atoms with E-state index < -0.39 is 17.5 Å². The van der Waals surface area contributed by atoms with Crippen LogP contribution in [0.5, 0.6) is 0 Å². The molecule has 0 bridgehead atoms. The van der Waals surface area contributed by atoms with Gasteiger partial charge in [0.1, 0.15) is 12.1 Å². The van der Waals surface area contributed by atoms with Crippen molar-refractivity contribution < 1.29 is 14.4 Å². The van der Waals surface area contributed by atoms with Crippen molar-refractivity contribution in [2.75, 3.05) is 19.6 Å². The molecule has 4 amide bonds. The molecular formula is C25H29ClN4O3. The van der Waals surface area contributed by atoms with Crippen LogP contribution in [0, 0.1) is 6.92 Å². The van der Waals surface area contributed by atoms with E-state index in [1.54, 1.807) is 6.92 Å². The average molecular weight is 469 g/mol. The predicted molar refractivity (Wildman–Crippen MR) is 127 cm³/mol. The summed E-state index contributed by atoms with van der Waals surface area (Å²) in [5, 5.41) is 6.47. The Morgan fingerprint density at radius 2 is 1.73 bits per heavy atom. The van der Waals surface area contributed by atoms with Crippen LogP contribution in [-0.2, 0) is 21.7 Å². The highest BCUT2D eigenvalue weighted by Crippen LogP contribution is 2.29. The number of likely N-dealkylation sites (tertiary alicyclic amines) is 1. The Kier molecular flexibility index (Phi) is 6.72. The molecule has 2 fully saturated rings. The molecule has 2 aliphatic heterocycles. The molecule has 2 aliphatic rings. The van der Waals surface area contributed by atoms with Gasteiger partial charge in [0.05, 0.1) is 0 Å². The average Bonchev–Trinajstić information content (AvgIpc) is 3.01. The monoisotopic (exact) mass is 468 g/mol. The number of piperidine rings is 1. The summed E-state index contributed by atoms with van der Waals surface area (Å²) < 4.78 is 0. The van der Waals surface area contributed by atoms with Gasteiger partial charge in [0.25, 0.3) is 5.91 Å². The summed E-state index contributed by atoms with van der Waals surface area (Å²) in [6.45, 7) is 5.92. The van der Waals surface area contributed by atoms with E-state index in [-0.39, 0.29) is 18.5 Å². The van der Waals surface area contributed by atoms with Gasteiger partial charge >= 0.3 is 6.03 Å². The Balaban J connectivity index is 1.28. The third-order valence-corrected chi connectivity index (χ3v) is 6.73. The first-order chi connectivity index (χ1) is 15.7. The number of aryl methyl sites for hydroxylation is 1. The van der Waals surface area contributed by atoms with E-state index in [4.69, 9.17) is 11.6 Å².